The minimum absolute atomic E-state index is 0.583. The first kappa shape index (κ1) is 8.13. The fraction of sp³-hybridized carbons (Fsp3) is 0.500. The third-order valence-corrected chi connectivity index (χ3v) is 4.48. The zero-order chi connectivity index (χ0) is 9.88. The maximum atomic E-state index is 4.61. The summed E-state index contributed by atoms with van der Waals surface area (Å²) < 4.78 is 0. The van der Waals surface area contributed by atoms with E-state index >= 15 is 0 Å². The molecule has 78 valence electrons. The summed E-state index contributed by atoms with van der Waals surface area (Å²) in [4.78, 5) is 11.4. The number of anilines is 1. The van der Waals surface area contributed by atoms with Crippen molar-refractivity contribution in [2.75, 3.05) is 31.1 Å². The van der Waals surface area contributed by atoms with Gasteiger partial charge in [0.15, 0.2) is 5.13 Å². The largest absolute Gasteiger partial charge is 0.352 e. The van der Waals surface area contributed by atoms with Crippen LogP contribution in [-0.4, -0.2) is 36.1 Å². The number of rotatable bonds is 1. The molecule has 2 aromatic rings. The third kappa shape index (κ3) is 1.02. The van der Waals surface area contributed by atoms with Crippen molar-refractivity contribution in [2.45, 2.75) is 0 Å². The van der Waals surface area contributed by atoms with Gasteiger partial charge >= 0.3 is 0 Å². The molecule has 1 spiro atoms. The summed E-state index contributed by atoms with van der Waals surface area (Å²) in [6, 6.07) is 2.04. The molecule has 15 heavy (non-hydrogen) atoms. The maximum absolute atomic E-state index is 4.61. The van der Waals surface area contributed by atoms with Crippen LogP contribution in [0.3, 0.4) is 0 Å². The highest BCUT2D eigenvalue weighted by Gasteiger charge is 2.48. The fourth-order valence-corrected chi connectivity index (χ4v) is 3.40. The summed E-state index contributed by atoms with van der Waals surface area (Å²) in [6.07, 6.45) is 1.95. The fourth-order valence-electron chi connectivity index (χ4n) is 2.47. The van der Waals surface area contributed by atoms with Gasteiger partial charge in [0.1, 0.15) is 10.3 Å². The first-order valence-corrected chi connectivity index (χ1v) is 6.06. The average Bonchev–Trinajstić information content (AvgIpc) is 2.56. The summed E-state index contributed by atoms with van der Waals surface area (Å²) in [5.41, 5.74) is 1.68. The van der Waals surface area contributed by atoms with Gasteiger partial charge in [-0.15, -0.1) is 0 Å². The van der Waals surface area contributed by atoms with E-state index in [0.717, 1.165) is 5.52 Å². The molecule has 0 bridgehead atoms. The summed E-state index contributed by atoms with van der Waals surface area (Å²) in [6.45, 7) is 4.73. The minimum Gasteiger partial charge on any atom is -0.352 e. The molecule has 2 aliphatic heterocycles. The van der Waals surface area contributed by atoms with Crippen molar-refractivity contribution in [1.82, 2.24) is 15.3 Å². The van der Waals surface area contributed by atoms with E-state index in [1.54, 1.807) is 11.3 Å². The van der Waals surface area contributed by atoms with Crippen molar-refractivity contribution in [3.05, 3.63) is 12.3 Å². The van der Waals surface area contributed by atoms with Crippen molar-refractivity contribution in [3.63, 3.8) is 0 Å². The topological polar surface area (TPSA) is 44.0 Å². The Kier molecular flexibility index (Phi) is 1.37. The van der Waals surface area contributed by atoms with Crippen molar-refractivity contribution in [3.8, 4) is 0 Å². The molecule has 0 aliphatic carbocycles. The van der Waals surface area contributed by atoms with E-state index in [1.165, 1.54) is 36.1 Å². The SMILES string of the molecule is c1cc2nc(N3CC4(CNC4)C3)sc2[nH]1. The smallest absolute Gasteiger partial charge is 0.187 e. The Labute approximate surface area is 91.3 Å². The van der Waals surface area contributed by atoms with Gasteiger partial charge in [-0.2, -0.15) is 0 Å². The number of thiazole rings is 1. The number of hydrogen-bond donors (Lipinski definition) is 2. The van der Waals surface area contributed by atoms with Gasteiger partial charge < -0.3 is 15.2 Å². The molecule has 4 rings (SSSR count). The van der Waals surface area contributed by atoms with Gasteiger partial charge in [0.25, 0.3) is 0 Å². The number of aromatic amines is 1. The van der Waals surface area contributed by atoms with E-state index < -0.39 is 0 Å². The Bertz CT molecular complexity index is 474. The Morgan fingerprint density at radius 3 is 2.93 bits per heavy atom. The van der Waals surface area contributed by atoms with E-state index in [-0.39, 0.29) is 0 Å². The molecule has 0 saturated carbocycles. The highest BCUT2D eigenvalue weighted by molar-refractivity contribution is 7.21. The van der Waals surface area contributed by atoms with E-state index in [1.807, 2.05) is 12.3 Å². The third-order valence-electron chi connectivity index (χ3n) is 3.42. The molecule has 2 aromatic heterocycles. The van der Waals surface area contributed by atoms with Crippen LogP contribution in [0, 0.1) is 5.41 Å². The van der Waals surface area contributed by atoms with Crippen LogP contribution in [0.2, 0.25) is 0 Å². The molecule has 0 aromatic carbocycles. The number of nitrogens with one attached hydrogen (secondary N) is 2. The highest BCUT2D eigenvalue weighted by Crippen LogP contribution is 2.39. The number of aromatic nitrogens is 2. The monoisotopic (exact) mass is 220 g/mol. The lowest BCUT2D eigenvalue weighted by molar-refractivity contribution is 0.121. The van der Waals surface area contributed by atoms with E-state index in [2.05, 4.69) is 20.2 Å². The van der Waals surface area contributed by atoms with Gasteiger partial charge in [-0.25, -0.2) is 4.98 Å². The van der Waals surface area contributed by atoms with Crippen LogP contribution in [-0.2, 0) is 0 Å². The molecule has 4 nitrogen and oxygen atoms in total. The van der Waals surface area contributed by atoms with E-state index in [0.29, 0.717) is 5.41 Å². The van der Waals surface area contributed by atoms with E-state index in [4.69, 9.17) is 0 Å². The number of fused-ring (bicyclic) bond motifs is 1. The van der Waals surface area contributed by atoms with Crippen LogP contribution in [0.1, 0.15) is 0 Å². The first-order valence-electron chi connectivity index (χ1n) is 5.24. The van der Waals surface area contributed by atoms with Crippen molar-refractivity contribution < 1.29 is 0 Å². The lowest BCUT2D eigenvalue weighted by Crippen LogP contribution is -2.71. The second-order valence-electron chi connectivity index (χ2n) is 4.65. The van der Waals surface area contributed by atoms with Crippen molar-refractivity contribution in [1.29, 1.82) is 0 Å². The van der Waals surface area contributed by atoms with E-state index in [9.17, 15) is 0 Å². The summed E-state index contributed by atoms with van der Waals surface area (Å²) in [5.74, 6) is 0. The lowest BCUT2D eigenvalue weighted by atomic mass is 9.75. The normalized spacial score (nSPS) is 23.1. The number of H-pyrrole nitrogens is 1. The zero-order valence-corrected chi connectivity index (χ0v) is 9.10. The molecule has 5 heteroatoms. The molecule has 0 radical (unpaired) electrons. The molecular weight excluding hydrogens is 208 g/mol. The van der Waals surface area contributed by atoms with Gasteiger partial charge in [0.2, 0.25) is 0 Å². The Balaban J connectivity index is 1.61. The van der Waals surface area contributed by atoms with Gasteiger partial charge in [-0.1, -0.05) is 11.3 Å². The van der Waals surface area contributed by atoms with Crippen LogP contribution >= 0.6 is 11.3 Å². The molecule has 0 atom stereocenters. The van der Waals surface area contributed by atoms with Crippen LogP contribution in [0.25, 0.3) is 10.3 Å². The average molecular weight is 220 g/mol. The molecule has 2 aliphatic rings. The van der Waals surface area contributed by atoms with Crippen LogP contribution < -0.4 is 10.2 Å². The molecule has 0 amide bonds. The van der Waals surface area contributed by atoms with Crippen molar-refractivity contribution >= 4 is 26.8 Å². The summed E-state index contributed by atoms with van der Waals surface area (Å²) in [7, 11) is 0. The second kappa shape index (κ2) is 2.54. The lowest BCUT2D eigenvalue weighted by Gasteiger charge is -2.56. The number of hydrogen-bond acceptors (Lipinski definition) is 4. The maximum Gasteiger partial charge on any atom is 0.187 e. The Morgan fingerprint density at radius 2 is 2.27 bits per heavy atom. The number of nitrogens with zero attached hydrogens (tertiary/aromatic N) is 2. The zero-order valence-electron chi connectivity index (χ0n) is 8.29. The molecule has 0 unspecified atom stereocenters. The molecule has 4 heterocycles. The predicted octanol–water partition coefficient (Wildman–Crippen LogP) is 1.03. The van der Waals surface area contributed by atoms with Crippen LogP contribution in [0.4, 0.5) is 5.13 Å². The minimum atomic E-state index is 0.583. The van der Waals surface area contributed by atoms with Gasteiger partial charge in [0, 0.05) is 37.8 Å². The summed E-state index contributed by atoms with van der Waals surface area (Å²) in [5, 5.41) is 4.52. The quantitative estimate of drug-likeness (QED) is 0.754. The van der Waals surface area contributed by atoms with Gasteiger partial charge in [0.05, 0.1) is 0 Å². The van der Waals surface area contributed by atoms with Crippen molar-refractivity contribution in [2.24, 2.45) is 5.41 Å². The Morgan fingerprint density at radius 1 is 1.40 bits per heavy atom. The molecular formula is C10H12N4S. The first-order chi connectivity index (χ1) is 7.35. The highest BCUT2D eigenvalue weighted by atomic mass is 32.1. The van der Waals surface area contributed by atoms with Crippen LogP contribution in [0.15, 0.2) is 12.3 Å². The summed E-state index contributed by atoms with van der Waals surface area (Å²) >= 11 is 1.76. The van der Waals surface area contributed by atoms with Crippen LogP contribution in [0.5, 0.6) is 0 Å². The molecule has 2 saturated heterocycles. The second-order valence-corrected chi connectivity index (χ2v) is 5.63. The predicted molar refractivity (Wildman–Crippen MR) is 61.5 cm³/mol. The molecule has 2 N–H and O–H groups in total. The molecule has 2 fully saturated rings. The van der Waals surface area contributed by atoms with Gasteiger partial charge in [-0.3, -0.25) is 0 Å². The van der Waals surface area contributed by atoms with Gasteiger partial charge in [-0.05, 0) is 6.07 Å². The Hall–Kier alpha value is -1.07. The standard InChI is InChI=1S/C10H12N4S/c1-2-12-8-7(1)13-9(15-8)14-5-10(6-14)3-11-4-10/h1-2,11-12H,3-6H2.